The molecule has 0 aliphatic heterocycles. The van der Waals surface area contributed by atoms with E-state index < -0.39 is 5.97 Å². The summed E-state index contributed by atoms with van der Waals surface area (Å²) in [6.07, 6.45) is 0. The SMILES string of the molecule is CCOC(=O)COc1ccc(C(=O)c2cccs2)c(Cl)c1Cl. The van der Waals surface area contributed by atoms with E-state index in [1.54, 1.807) is 24.4 Å². The van der Waals surface area contributed by atoms with Crippen molar-refractivity contribution in [3.8, 4) is 5.75 Å². The van der Waals surface area contributed by atoms with E-state index in [0.717, 1.165) is 0 Å². The number of carbonyl (C=O) groups is 2. The topological polar surface area (TPSA) is 52.6 Å². The first-order valence-corrected chi connectivity index (χ1v) is 8.02. The Hall–Kier alpha value is -1.56. The van der Waals surface area contributed by atoms with Gasteiger partial charge in [-0.25, -0.2) is 4.79 Å². The Morgan fingerprint density at radius 1 is 1.18 bits per heavy atom. The van der Waals surface area contributed by atoms with Gasteiger partial charge in [-0.05, 0) is 30.5 Å². The maximum absolute atomic E-state index is 12.3. The minimum atomic E-state index is -0.506. The van der Waals surface area contributed by atoms with Crippen molar-refractivity contribution in [3.63, 3.8) is 0 Å². The number of rotatable bonds is 6. The number of benzene rings is 1. The van der Waals surface area contributed by atoms with Crippen molar-refractivity contribution >= 4 is 46.3 Å². The van der Waals surface area contributed by atoms with Crippen LogP contribution >= 0.6 is 34.5 Å². The lowest BCUT2D eigenvalue weighted by Gasteiger charge is -2.10. The first-order valence-electron chi connectivity index (χ1n) is 6.39. The molecule has 0 spiro atoms. The predicted molar refractivity (Wildman–Crippen MR) is 86.3 cm³/mol. The number of thiophene rings is 1. The quantitative estimate of drug-likeness (QED) is 0.572. The standard InChI is InChI=1S/C15H12Cl2O4S/c1-2-20-12(18)8-21-10-6-5-9(13(16)14(10)17)15(19)11-4-3-7-22-11/h3-7H,2,8H2,1H3. The first-order chi connectivity index (χ1) is 10.5. The Balaban J connectivity index is 2.18. The van der Waals surface area contributed by atoms with Gasteiger partial charge in [-0.3, -0.25) is 4.79 Å². The molecule has 0 bridgehead atoms. The fourth-order valence-corrected chi connectivity index (χ4v) is 2.84. The number of hydrogen-bond donors (Lipinski definition) is 0. The molecular weight excluding hydrogens is 347 g/mol. The Morgan fingerprint density at radius 2 is 1.95 bits per heavy atom. The highest BCUT2D eigenvalue weighted by atomic mass is 35.5. The third-order valence-electron chi connectivity index (χ3n) is 2.69. The van der Waals surface area contributed by atoms with Crippen LogP contribution in [0.25, 0.3) is 0 Å². The van der Waals surface area contributed by atoms with E-state index in [-0.39, 0.29) is 40.4 Å². The zero-order valence-electron chi connectivity index (χ0n) is 11.6. The molecule has 2 aromatic rings. The number of esters is 1. The van der Waals surface area contributed by atoms with Gasteiger partial charge < -0.3 is 9.47 Å². The lowest BCUT2D eigenvalue weighted by atomic mass is 10.1. The van der Waals surface area contributed by atoms with E-state index in [1.165, 1.54) is 23.5 Å². The van der Waals surface area contributed by atoms with Gasteiger partial charge in [-0.1, -0.05) is 29.3 Å². The van der Waals surface area contributed by atoms with Gasteiger partial charge in [0.25, 0.3) is 0 Å². The fraction of sp³-hybridized carbons (Fsp3) is 0.200. The van der Waals surface area contributed by atoms with Crippen LogP contribution in [-0.2, 0) is 9.53 Å². The third-order valence-corrected chi connectivity index (χ3v) is 4.42. The molecule has 0 aliphatic carbocycles. The number of ketones is 1. The molecule has 1 aromatic carbocycles. The van der Waals surface area contributed by atoms with Crippen molar-refractivity contribution in [2.75, 3.05) is 13.2 Å². The van der Waals surface area contributed by atoms with Gasteiger partial charge in [-0.2, -0.15) is 0 Å². The molecule has 0 aliphatic rings. The number of carbonyl (C=O) groups excluding carboxylic acids is 2. The van der Waals surface area contributed by atoms with Gasteiger partial charge in [-0.15, -0.1) is 11.3 Å². The molecular formula is C15H12Cl2O4S. The van der Waals surface area contributed by atoms with Gasteiger partial charge in [0, 0.05) is 5.56 Å². The van der Waals surface area contributed by atoms with Gasteiger partial charge in [0.2, 0.25) is 5.78 Å². The molecule has 1 aromatic heterocycles. The van der Waals surface area contributed by atoms with Crippen LogP contribution in [0, 0.1) is 0 Å². The molecule has 22 heavy (non-hydrogen) atoms. The van der Waals surface area contributed by atoms with Crippen LogP contribution in [0.4, 0.5) is 0 Å². The smallest absolute Gasteiger partial charge is 0.344 e. The van der Waals surface area contributed by atoms with E-state index >= 15 is 0 Å². The van der Waals surface area contributed by atoms with Crippen LogP contribution in [-0.4, -0.2) is 25.0 Å². The van der Waals surface area contributed by atoms with Crippen LogP contribution in [0.1, 0.15) is 22.2 Å². The molecule has 1 heterocycles. The molecule has 0 N–H and O–H groups in total. The minimum Gasteiger partial charge on any atom is -0.480 e. The van der Waals surface area contributed by atoms with E-state index in [2.05, 4.69) is 0 Å². The predicted octanol–water partition coefficient (Wildman–Crippen LogP) is 4.23. The average molecular weight is 359 g/mol. The normalized spacial score (nSPS) is 10.3. The van der Waals surface area contributed by atoms with E-state index in [9.17, 15) is 9.59 Å². The van der Waals surface area contributed by atoms with Crippen LogP contribution in [0.2, 0.25) is 10.0 Å². The second-order valence-electron chi connectivity index (χ2n) is 4.14. The van der Waals surface area contributed by atoms with Crippen LogP contribution in [0.5, 0.6) is 5.75 Å². The largest absolute Gasteiger partial charge is 0.480 e. The first kappa shape index (κ1) is 16.8. The molecule has 2 rings (SSSR count). The highest BCUT2D eigenvalue weighted by Crippen LogP contribution is 2.36. The Morgan fingerprint density at radius 3 is 2.59 bits per heavy atom. The maximum Gasteiger partial charge on any atom is 0.344 e. The summed E-state index contributed by atoms with van der Waals surface area (Å²) in [6.45, 7) is 1.69. The summed E-state index contributed by atoms with van der Waals surface area (Å²) in [5, 5.41) is 1.99. The minimum absolute atomic E-state index is 0.0911. The molecule has 0 atom stereocenters. The second-order valence-corrected chi connectivity index (χ2v) is 5.84. The Labute approximate surface area is 141 Å². The summed E-state index contributed by atoms with van der Waals surface area (Å²) in [7, 11) is 0. The molecule has 4 nitrogen and oxygen atoms in total. The van der Waals surface area contributed by atoms with Crippen LogP contribution < -0.4 is 4.74 Å². The van der Waals surface area contributed by atoms with Crippen molar-refractivity contribution in [1.82, 2.24) is 0 Å². The second kappa shape index (κ2) is 7.63. The molecule has 7 heteroatoms. The number of halogens is 2. The summed E-state index contributed by atoms with van der Waals surface area (Å²) in [6, 6.07) is 6.53. The van der Waals surface area contributed by atoms with Gasteiger partial charge in [0.15, 0.2) is 6.61 Å². The molecule has 0 fully saturated rings. The van der Waals surface area contributed by atoms with Gasteiger partial charge in [0.1, 0.15) is 10.8 Å². The van der Waals surface area contributed by atoms with Crippen molar-refractivity contribution in [3.05, 3.63) is 50.1 Å². The van der Waals surface area contributed by atoms with Crippen LogP contribution in [0.3, 0.4) is 0 Å². The van der Waals surface area contributed by atoms with Gasteiger partial charge in [0.05, 0.1) is 16.5 Å². The Bertz CT molecular complexity index is 683. The summed E-state index contributed by atoms with van der Waals surface area (Å²) in [4.78, 5) is 24.1. The van der Waals surface area contributed by atoms with Gasteiger partial charge >= 0.3 is 5.97 Å². The van der Waals surface area contributed by atoms with Crippen molar-refractivity contribution in [2.24, 2.45) is 0 Å². The highest BCUT2D eigenvalue weighted by Gasteiger charge is 2.19. The lowest BCUT2D eigenvalue weighted by Crippen LogP contribution is -2.15. The summed E-state index contributed by atoms with van der Waals surface area (Å²) >= 11 is 13.6. The van der Waals surface area contributed by atoms with E-state index in [4.69, 9.17) is 32.7 Å². The molecule has 116 valence electrons. The maximum atomic E-state index is 12.3. The van der Waals surface area contributed by atoms with Crippen LogP contribution in [0.15, 0.2) is 29.6 Å². The molecule has 0 saturated heterocycles. The van der Waals surface area contributed by atoms with E-state index in [0.29, 0.717) is 4.88 Å². The number of hydrogen-bond acceptors (Lipinski definition) is 5. The lowest BCUT2D eigenvalue weighted by molar-refractivity contribution is -0.145. The molecule has 0 saturated carbocycles. The molecule has 0 amide bonds. The Kier molecular flexibility index (Phi) is 5.83. The zero-order valence-corrected chi connectivity index (χ0v) is 13.9. The monoisotopic (exact) mass is 358 g/mol. The summed E-state index contributed by atoms with van der Waals surface area (Å²) in [5.41, 5.74) is 0.289. The summed E-state index contributed by atoms with van der Waals surface area (Å²) in [5.74, 6) is -0.491. The molecule has 0 unspecified atom stereocenters. The van der Waals surface area contributed by atoms with Crippen molar-refractivity contribution in [2.45, 2.75) is 6.92 Å². The van der Waals surface area contributed by atoms with Crippen molar-refractivity contribution < 1.29 is 19.1 Å². The van der Waals surface area contributed by atoms with Crippen molar-refractivity contribution in [1.29, 1.82) is 0 Å². The fourth-order valence-electron chi connectivity index (χ4n) is 1.70. The van der Waals surface area contributed by atoms with E-state index in [1.807, 2.05) is 0 Å². The molecule has 0 radical (unpaired) electrons. The zero-order chi connectivity index (χ0) is 16.1. The average Bonchev–Trinajstić information content (AvgIpc) is 3.03. The number of ether oxygens (including phenoxy) is 2. The third kappa shape index (κ3) is 3.80. The highest BCUT2D eigenvalue weighted by molar-refractivity contribution is 7.12. The summed E-state index contributed by atoms with van der Waals surface area (Å²) < 4.78 is 10.0.